The molecular weight excluding hydrogens is 180 g/mol. The quantitative estimate of drug-likeness (QED) is 0.667. The molecule has 2 atom stereocenters. The van der Waals surface area contributed by atoms with Gasteiger partial charge in [0.25, 0.3) is 0 Å². The number of ether oxygens (including phenoxy) is 2. The van der Waals surface area contributed by atoms with Gasteiger partial charge in [0.2, 0.25) is 0 Å². The smallest absolute Gasteiger partial charge is 0.107 e. The van der Waals surface area contributed by atoms with E-state index in [1.165, 1.54) is 19.3 Å². The fourth-order valence-corrected chi connectivity index (χ4v) is 1.62. The van der Waals surface area contributed by atoms with Crippen LogP contribution in [0.25, 0.3) is 0 Å². The standard InChI is InChI=1S/C11H22O3/c1-2-3-4-5-7-14-11-9-13-8-6-10(11)12/h10-12H,2-9H2,1H3. The van der Waals surface area contributed by atoms with Gasteiger partial charge in [0.05, 0.1) is 12.7 Å². The third-order valence-corrected chi connectivity index (χ3v) is 2.60. The topological polar surface area (TPSA) is 38.7 Å². The molecule has 0 bridgehead atoms. The van der Waals surface area contributed by atoms with Gasteiger partial charge in [-0.2, -0.15) is 0 Å². The Bertz CT molecular complexity index is 138. The maximum absolute atomic E-state index is 9.57. The van der Waals surface area contributed by atoms with Crippen molar-refractivity contribution in [1.29, 1.82) is 0 Å². The normalized spacial score (nSPS) is 27.9. The van der Waals surface area contributed by atoms with E-state index in [-0.39, 0.29) is 12.2 Å². The molecule has 1 heterocycles. The van der Waals surface area contributed by atoms with Gasteiger partial charge in [-0.1, -0.05) is 26.2 Å². The molecule has 1 aliphatic heterocycles. The lowest BCUT2D eigenvalue weighted by Gasteiger charge is -2.27. The van der Waals surface area contributed by atoms with Crippen molar-refractivity contribution in [2.45, 2.75) is 51.2 Å². The minimum atomic E-state index is -0.324. The summed E-state index contributed by atoms with van der Waals surface area (Å²) in [4.78, 5) is 0. The van der Waals surface area contributed by atoms with E-state index in [2.05, 4.69) is 6.92 Å². The highest BCUT2D eigenvalue weighted by Gasteiger charge is 2.23. The maximum Gasteiger partial charge on any atom is 0.107 e. The van der Waals surface area contributed by atoms with Gasteiger partial charge >= 0.3 is 0 Å². The molecule has 1 saturated heterocycles. The number of aliphatic hydroxyl groups excluding tert-OH is 1. The van der Waals surface area contributed by atoms with Gasteiger partial charge in [0.15, 0.2) is 0 Å². The highest BCUT2D eigenvalue weighted by atomic mass is 16.5. The second kappa shape index (κ2) is 7.21. The molecule has 1 rings (SSSR count). The van der Waals surface area contributed by atoms with Gasteiger partial charge in [0, 0.05) is 13.2 Å². The predicted octanol–water partition coefficient (Wildman–Crippen LogP) is 1.73. The first-order valence-corrected chi connectivity index (χ1v) is 5.72. The van der Waals surface area contributed by atoms with Gasteiger partial charge < -0.3 is 14.6 Å². The summed E-state index contributed by atoms with van der Waals surface area (Å²) < 4.78 is 10.8. The molecule has 1 fully saturated rings. The average Bonchev–Trinajstić information content (AvgIpc) is 2.20. The lowest BCUT2D eigenvalue weighted by atomic mass is 10.1. The van der Waals surface area contributed by atoms with Gasteiger partial charge in [0.1, 0.15) is 6.10 Å². The van der Waals surface area contributed by atoms with Crippen LogP contribution in [0, 0.1) is 0 Å². The van der Waals surface area contributed by atoms with E-state index in [1.54, 1.807) is 0 Å². The van der Waals surface area contributed by atoms with Gasteiger partial charge in [-0.25, -0.2) is 0 Å². The van der Waals surface area contributed by atoms with Crippen molar-refractivity contribution in [1.82, 2.24) is 0 Å². The fraction of sp³-hybridized carbons (Fsp3) is 1.00. The van der Waals surface area contributed by atoms with Crippen molar-refractivity contribution >= 4 is 0 Å². The van der Waals surface area contributed by atoms with E-state index >= 15 is 0 Å². The molecule has 0 amide bonds. The summed E-state index contributed by atoms with van der Waals surface area (Å²) in [6.07, 6.45) is 5.12. The summed E-state index contributed by atoms with van der Waals surface area (Å²) in [7, 11) is 0. The molecule has 2 unspecified atom stereocenters. The Balaban J connectivity index is 1.99. The van der Waals surface area contributed by atoms with Crippen LogP contribution >= 0.6 is 0 Å². The summed E-state index contributed by atoms with van der Waals surface area (Å²) in [6, 6.07) is 0. The molecule has 0 aliphatic carbocycles. The number of unbranched alkanes of at least 4 members (excludes halogenated alkanes) is 3. The summed E-state index contributed by atoms with van der Waals surface area (Å²) >= 11 is 0. The van der Waals surface area contributed by atoms with Crippen LogP contribution in [0.15, 0.2) is 0 Å². The van der Waals surface area contributed by atoms with E-state index in [9.17, 15) is 5.11 Å². The van der Waals surface area contributed by atoms with Gasteiger partial charge in [-0.3, -0.25) is 0 Å². The zero-order valence-corrected chi connectivity index (χ0v) is 9.08. The molecule has 1 N–H and O–H groups in total. The molecule has 0 saturated carbocycles. The molecule has 0 spiro atoms. The lowest BCUT2D eigenvalue weighted by Crippen LogP contribution is -2.38. The lowest BCUT2D eigenvalue weighted by molar-refractivity contribution is -0.117. The summed E-state index contributed by atoms with van der Waals surface area (Å²) in [5.41, 5.74) is 0. The Hall–Kier alpha value is -0.120. The van der Waals surface area contributed by atoms with Crippen molar-refractivity contribution in [2.75, 3.05) is 19.8 Å². The summed E-state index contributed by atoms with van der Waals surface area (Å²) in [5, 5.41) is 9.57. The van der Waals surface area contributed by atoms with Gasteiger partial charge in [-0.15, -0.1) is 0 Å². The molecule has 3 nitrogen and oxygen atoms in total. The molecule has 3 heteroatoms. The number of rotatable bonds is 6. The first-order chi connectivity index (χ1) is 6.84. The first-order valence-electron chi connectivity index (χ1n) is 5.72. The maximum atomic E-state index is 9.57. The molecule has 0 aromatic heterocycles. The van der Waals surface area contributed by atoms with Crippen molar-refractivity contribution in [3.05, 3.63) is 0 Å². The summed E-state index contributed by atoms with van der Waals surface area (Å²) in [6.45, 7) is 4.16. The molecule has 0 radical (unpaired) electrons. The van der Waals surface area contributed by atoms with E-state index in [4.69, 9.17) is 9.47 Å². The molecule has 84 valence electrons. The van der Waals surface area contributed by atoms with Crippen LogP contribution < -0.4 is 0 Å². The highest BCUT2D eigenvalue weighted by molar-refractivity contribution is 4.72. The second-order valence-corrected chi connectivity index (χ2v) is 3.90. The first kappa shape index (κ1) is 12.0. The molecule has 0 aromatic rings. The zero-order valence-electron chi connectivity index (χ0n) is 9.08. The molecular formula is C11H22O3. The Morgan fingerprint density at radius 1 is 1.36 bits per heavy atom. The molecule has 1 aliphatic rings. The fourth-order valence-electron chi connectivity index (χ4n) is 1.62. The Labute approximate surface area is 86.4 Å². The van der Waals surface area contributed by atoms with Crippen LogP contribution in [0.4, 0.5) is 0 Å². The highest BCUT2D eigenvalue weighted by Crippen LogP contribution is 2.11. The van der Waals surface area contributed by atoms with Crippen LogP contribution in [0.5, 0.6) is 0 Å². The predicted molar refractivity (Wildman–Crippen MR) is 55.3 cm³/mol. The third-order valence-electron chi connectivity index (χ3n) is 2.60. The van der Waals surface area contributed by atoms with E-state index in [0.717, 1.165) is 13.0 Å². The Morgan fingerprint density at radius 3 is 2.93 bits per heavy atom. The van der Waals surface area contributed by atoms with Crippen molar-refractivity contribution in [3.8, 4) is 0 Å². The van der Waals surface area contributed by atoms with E-state index in [0.29, 0.717) is 19.6 Å². The largest absolute Gasteiger partial charge is 0.390 e. The van der Waals surface area contributed by atoms with E-state index in [1.807, 2.05) is 0 Å². The molecule has 0 aromatic carbocycles. The Kier molecular flexibility index (Phi) is 6.15. The number of hydrogen-bond donors (Lipinski definition) is 1. The van der Waals surface area contributed by atoms with Crippen LogP contribution in [0.1, 0.15) is 39.0 Å². The second-order valence-electron chi connectivity index (χ2n) is 3.90. The minimum absolute atomic E-state index is 0.0922. The van der Waals surface area contributed by atoms with Crippen molar-refractivity contribution in [3.63, 3.8) is 0 Å². The minimum Gasteiger partial charge on any atom is -0.390 e. The van der Waals surface area contributed by atoms with Crippen molar-refractivity contribution < 1.29 is 14.6 Å². The van der Waals surface area contributed by atoms with E-state index < -0.39 is 0 Å². The Morgan fingerprint density at radius 2 is 2.21 bits per heavy atom. The number of aliphatic hydroxyl groups is 1. The average molecular weight is 202 g/mol. The van der Waals surface area contributed by atoms with Crippen LogP contribution in [-0.2, 0) is 9.47 Å². The summed E-state index contributed by atoms with van der Waals surface area (Å²) in [5.74, 6) is 0. The third kappa shape index (κ3) is 4.40. The van der Waals surface area contributed by atoms with Gasteiger partial charge in [-0.05, 0) is 12.8 Å². The van der Waals surface area contributed by atoms with Crippen LogP contribution in [0.2, 0.25) is 0 Å². The number of hydrogen-bond acceptors (Lipinski definition) is 3. The SMILES string of the molecule is CCCCCCOC1COCCC1O. The zero-order chi connectivity index (χ0) is 10.2. The molecule has 14 heavy (non-hydrogen) atoms. The monoisotopic (exact) mass is 202 g/mol. The van der Waals surface area contributed by atoms with Crippen molar-refractivity contribution in [2.24, 2.45) is 0 Å². The van der Waals surface area contributed by atoms with Crippen LogP contribution in [0.3, 0.4) is 0 Å². The van der Waals surface area contributed by atoms with Crippen LogP contribution in [-0.4, -0.2) is 37.1 Å².